The number of esters is 1. The zero-order valence-corrected chi connectivity index (χ0v) is 8.08. The van der Waals surface area contributed by atoms with Crippen LogP contribution in [0.1, 0.15) is 13.3 Å². The summed E-state index contributed by atoms with van der Waals surface area (Å²) in [5.41, 5.74) is 0. The van der Waals surface area contributed by atoms with Gasteiger partial charge in [0.25, 0.3) is 10.1 Å². The van der Waals surface area contributed by atoms with Crippen LogP contribution in [0.3, 0.4) is 0 Å². The predicted molar refractivity (Wildman–Crippen MR) is 46.8 cm³/mol. The first kappa shape index (κ1) is 12.1. The second-order valence-corrected chi connectivity index (χ2v) is 3.88. The quantitative estimate of drug-likeness (QED) is 0.401. The molecule has 1 unspecified atom stereocenters. The van der Waals surface area contributed by atoms with E-state index in [4.69, 9.17) is 4.55 Å². The maximum atomic E-state index is 11.0. The molecule has 0 heterocycles. The van der Waals surface area contributed by atoms with Crippen LogP contribution in [0.2, 0.25) is 0 Å². The minimum Gasteiger partial charge on any atom is -0.465 e. The number of allylic oxidation sites excluding steroid dienone is 1. The first-order valence-corrected chi connectivity index (χ1v) is 5.17. The lowest BCUT2D eigenvalue weighted by atomic mass is 10.3. The number of ether oxygens (including phenoxy) is 1. The zero-order chi connectivity index (χ0) is 10.5. The van der Waals surface area contributed by atoms with Crippen LogP contribution in [0.4, 0.5) is 0 Å². The second kappa shape index (κ2) is 4.98. The van der Waals surface area contributed by atoms with E-state index in [1.54, 1.807) is 6.92 Å². The molecular weight excluding hydrogens is 196 g/mol. The van der Waals surface area contributed by atoms with Crippen LogP contribution in [0.25, 0.3) is 0 Å². The third-order valence-electron chi connectivity index (χ3n) is 1.29. The minimum absolute atomic E-state index is 0.0714. The van der Waals surface area contributed by atoms with Crippen LogP contribution < -0.4 is 0 Å². The number of carbonyl (C=O) groups is 1. The third kappa shape index (κ3) is 4.05. The van der Waals surface area contributed by atoms with Crippen molar-refractivity contribution in [1.82, 2.24) is 0 Å². The third-order valence-corrected chi connectivity index (χ3v) is 2.39. The molecule has 0 aliphatic rings. The average Bonchev–Trinajstić information content (AvgIpc) is 1.98. The van der Waals surface area contributed by atoms with Crippen molar-refractivity contribution in [3.8, 4) is 0 Å². The molecular formula is C7H12O5S. The summed E-state index contributed by atoms with van der Waals surface area (Å²) in [4.78, 5) is 11.0. The molecule has 0 saturated carbocycles. The van der Waals surface area contributed by atoms with E-state index in [0.29, 0.717) is 0 Å². The highest BCUT2D eigenvalue weighted by Crippen LogP contribution is 2.07. The Balaban J connectivity index is 4.61. The maximum Gasteiger partial charge on any atom is 0.327 e. The molecule has 5 nitrogen and oxygen atoms in total. The van der Waals surface area contributed by atoms with Gasteiger partial charge in [0.1, 0.15) is 0 Å². The summed E-state index contributed by atoms with van der Waals surface area (Å²) < 4.78 is 34.4. The lowest BCUT2D eigenvalue weighted by molar-refractivity contribution is -0.142. The summed E-state index contributed by atoms with van der Waals surface area (Å²) in [7, 11) is -4.39. The fourth-order valence-electron chi connectivity index (χ4n) is 0.726. The van der Waals surface area contributed by atoms with Crippen molar-refractivity contribution in [3.63, 3.8) is 0 Å². The van der Waals surface area contributed by atoms with Gasteiger partial charge in [0, 0.05) is 0 Å². The van der Waals surface area contributed by atoms with E-state index in [1.807, 2.05) is 0 Å². The molecule has 6 heteroatoms. The van der Waals surface area contributed by atoms with Crippen molar-refractivity contribution in [2.75, 3.05) is 6.61 Å². The van der Waals surface area contributed by atoms with Gasteiger partial charge in [0.05, 0.1) is 6.61 Å². The van der Waals surface area contributed by atoms with Gasteiger partial charge in [-0.05, 0) is 13.3 Å². The lowest BCUT2D eigenvalue weighted by Crippen LogP contribution is -2.31. The van der Waals surface area contributed by atoms with E-state index >= 15 is 0 Å². The van der Waals surface area contributed by atoms with Gasteiger partial charge in [-0.15, -0.1) is 6.58 Å². The molecule has 1 atom stereocenters. The summed E-state index contributed by atoms with van der Waals surface area (Å²) in [6.07, 6.45) is 1.08. The molecule has 0 saturated heterocycles. The molecule has 76 valence electrons. The molecule has 0 rings (SSSR count). The van der Waals surface area contributed by atoms with Crippen molar-refractivity contribution >= 4 is 16.1 Å². The van der Waals surface area contributed by atoms with Crippen LogP contribution in [-0.4, -0.2) is 30.8 Å². The highest BCUT2D eigenvalue weighted by atomic mass is 32.2. The second-order valence-electron chi connectivity index (χ2n) is 2.28. The zero-order valence-electron chi connectivity index (χ0n) is 7.26. The summed E-state index contributed by atoms with van der Waals surface area (Å²) in [6.45, 7) is 4.89. The van der Waals surface area contributed by atoms with E-state index in [2.05, 4.69) is 11.3 Å². The molecule has 0 aromatic rings. The lowest BCUT2D eigenvalue weighted by Gasteiger charge is -2.09. The van der Waals surface area contributed by atoms with E-state index in [1.165, 1.54) is 6.08 Å². The predicted octanol–water partition coefficient (Wildman–Crippen LogP) is 0.382. The van der Waals surface area contributed by atoms with Crippen molar-refractivity contribution in [3.05, 3.63) is 12.7 Å². The van der Waals surface area contributed by atoms with E-state index in [-0.39, 0.29) is 13.0 Å². The van der Waals surface area contributed by atoms with Gasteiger partial charge in [0.2, 0.25) is 0 Å². The van der Waals surface area contributed by atoms with E-state index in [9.17, 15) is 13.2 Å². The number of carbonyl (C=O) groups excluding carboxylic acids is 1. The Morgan fingerprint density at radius 1 is 1.69 bits per heavy atom. The Morgan fingerprint density at radius 3 is 2.54 bits per heavy atom. The maximum absolute atomic E-state index is 11.0. The number of rotatable bonds is 5. The Kier molecular flexibility index (Phi) is 4.64. The largest absolute Gasteiger partial charge is 0.465 e. The fourth-order valence-corrected chi connectivity index (χ4v) is 1.42. The summed E-state index contributed by atoms with van der Waals surface area (Å²) in [6, 6.07) is 0. The van der Waals surface area contributed by atoms with E-state index < -0.39 is 21.3 Å². The van der Waals surface area contributed by atoms with Gasteiger partial charge >= 0.3 is 5.97 Å². The molecule has 0 aliphatic carbocycles. The Labute approximate surface area is 77.1 Å². The van der Waals surface area contributed by atoms with Gasteiger partial charge in [0.15, 0.2) is 5.25 Å². The molecule has 0 aliphatic heterocycles. The average molecular weight is 208 g/mol. The van der Waals surface area contributed by atoms with Crippen LogP contribution in [-0.2, 0) is 19.6 Å². The molecule has 0 radical (unpaired) electrons. The minimum atomic E-state index is -4.39. The van der Waals surface area contributed by atoms with Gasteiger partial charge in [-0.1, -0.05) is 6.08 Å². The normalized spacial score (nSPS) is 13.4. The molecule has 13 heavy (non-hydrogen) atoms. The first-order valence-electron chi connectivity index (χ1n) is 3.67. The number of hydrogen-bond donors (Lipinski definition) is 1. The van der Waals surface area contributed by atoms with Crippen LogP contribution in [0.15, 0.2) is 12.7 Å². The summed E-state index contributed by atoms with van der Waals surface area (Å²) in [5.74, 6) is -0.954. The van der Waals surface area contributed by atoms with Crippen molar-refractivity contribution in [1.29, 1.82) is 0 Å². The van der Waals surface area contributed by atoms with Gasteiger partial charge in [-0.25, -0.2) is 0 Å². The summed E-state index contributed by atoms with van der Waals surface area (Å²) in [5, 5.41) is -1.55. The SMILES string of the molecule is C=CCC(C(=O)OCC)S(=O)(=O)O. The summed E-state index contributed by atoms with van der Waals surface area (Å²) >= 11 is 0. The van der Waals surface area contributed by atoms with Crippen LogP contribution in [0, 0.1) is 0 Å². The topological polar surface area (TPSA) is 80.7 Å². The van der Waals surface area contributed by atoms with E-state index in [0.717, 1.165) is 0 Å². The Morgan fingerprint density at radius 2 is 2.23 bits per heavy atom. The molecule has 0 bridgehead atoms. The highest BCUT2D eigenvalue weighted by molar-refractivity contribution is 7.87. The monoisotopic (exact) mass is 208 g/mol. The van der Waals surface area contributed by atoms with Gasteiger partial charge in [-0.2, -0.15) is 8.42 Å². The molecule has 0 spiro atoms. The van der Waals surface area contributed by atoms with Crippen molar-refractivity contribution in [2.24, 2.45) is 0 Å². The Hall–Kier alpha value is -0.880. The molecule has 0 aromatic carbocycles. The molecule has 0 fully saturated rings. The highest BCUT2D eigenvalue weighted by Gasteiger charge is 2.30. The first-order chi connectivity index (χ1) is 5.93. The smallest absolute Gasteiger partial charge is 0.327 e. The van der Waals surface area contributed by atoms with Gasteiger partial charge < -0.3 is 4.74 Å². The fraction of sp³-hybridized carbons (Fsp3) is 0.571. The standard InChI is InChI=1S/C7H12O5S/c1-3-5-6(13(9,10)11)7(8)12-4-2/h3,6H,1,4-5H2,2H3,(H,9,10,11). The van der Waals surface area contributed by atoms with Crippen LogP contribution in [0.5, 0.6) is 0 Å². The Bertz CT molecular complexity index is 279. The van der Waals surface area contributed by atoms with Crippen LogP contribution >= 0.6 is 0 Å². The molecule has 0 aromatic heterocycles. The van der Waals surface area contributed by atoms with Crippen molar-refractivity contribution < 1.29 is 22.5 Å². The number of hydrogen-bond acceptors (Lipinski definition) is 4. The molecule has 0 amide bonds. The molecule has 1 N–H and O–H groups in total. The van der Waals surface area contributed by atoms with Crippen molar-refractivity contribution in [2.45, 2.75) is 18.6 Å². The van der Waals surface area contributed by atoms with Gasteiger partial charge in [-0.3, -0.25) is 9.35 Å².